The molecule has 0 unspecified atom stereocenters. The molecule has 0 radical (unpaired) electrons. The summed E-state index contributed by atoms with van der Waals surface area (Å²) in [5, 5.41) is 3.34. The first-order valence-electron chi connectivity index (χ1n) is 4.02. The third-order valence-corrected chi connectivity index (χ3v) is 1.94. The van der Waals surface area contributed by atoms with Gasteiger partial charge in [-0.05, 0) is 33.6 Å². The van der Waals surface area contributed by atoms with Crippen molar-refractivity contribution in [1.29, 1.82) is 0 Å². The lowest BCUT2D eigenvalue weighted by atomic mass is 10.2. The summed E-state index contributed by atoms with van der Waals surface area (Å²) in [5.41, 5.74) is 1.26. The maximum atomic E-state index is 4.06. The molecular formula is C9H14BrClN2. The highest BCUT2D eigenvalue weighted by atomic mass is 79.9. The monoisotopic (exact) mass is 264 g/mol. The molecule has 1 aromatic heterocycles. The minimum atomic E-state index is 0. The van der Waals surface area contributed by atoms with Crippen LogP contribution in [0.1, 0.15) is 19.4 Å². The molecule has 0 aliphatic rings. The van der Waals surface area contributed by atoms with Crippen molar-refractivity contribution in [3.05, 3.63) is 28.5 Å². The predicted octanol–water partition coefficient (Wildman–Crippen LogP) is 2.76. The van der Waals surface area contributed by atoms with Crippen molar-refractivity contribution in [2.75, 3.05) is 0 Å². The number of hydrogen-bond acceptors (Lipinski definition) is 2. The number of pyridine rings is 1. The molecule has 74 valence electrons. The second-order valence-electron chi connectivity index (χ2n) is 3.02. The van der Waals surface area contributed by atoms with E-state index in [0.717, 1.165) is 11.1 Å². The Morgan fingerprint density at radius 1 is 1.54 bits per heavy atom. The van der Waals surface area contributed by atoms with Gasteiger partial charge in [0.1, 0.15) is 4.60 Å². The smallest absolute Gasteiger partial charge is 0.106 e. The van der Waals surface area contributed by atoms with Gasteiger partial charge in [-0.2, -0.15) is 0 Å². The summed E-state index contributed by atoms with van der Waals surface area (Å²) in [6.45, 7) is 5.17. The van der Waals surface area contributed by atoms with Crippen molar-refractivity contribution in [1.82, 2.24) is 10.3 Å². The fourth-order valence-corrected chi connectivity index (χ4v) is 1.29. The van der Waals surface area contributed by atoms with Crippen LogP contribution in [0.4, 0.5) is 0 Å². The van der Waals surface area contributed by atoms with E-state index in [-0.39, 0.29) is 12.4 Å². The number of hydrogen-bond donors (Lipinski definition) is 1. The molecule has 0 saturated heterocycles. The zero-order valence-corrected chi connectivity index (χ0v) is 10.2. The Bertz CT molecular complexity index is 253. The van der Waals surface area contributed by atoms with E-state index in [9.17, 15) is 0 Å². The van der Waals surface area contributed by atoms with Crippen LogP contribution in [-0.2, 0) is 6.54 Å². The fraction of sp³-hybridized carbons (Fsp3) is 0.444. The minimum Gasteiger partial charge on any atom is -0.310 e. The Morgan fingerprint density at radius 2 is 2.23 bits per heavy atom. The third-order valence-electron chi connectivity index (χ3n) is 1.51. The van der Waals surface area contributed by atoms with E-state index in [4.69, 9.17) is 0 Å². The summed E-state index contributed by atoms with van der Waals surface area (Å²) in [4.78, 5) is 4.06. The first-order chi connectivity index (χ1) is 5.68. The van der Waals surface area contributed by atoms with Gasteiger partial charge in [-0.25, -0.2) is 4.98 Å². The van der Waals surface area contributed by atoms with Crippen LogP contribution in [0.5, 0.6) is 0 Å². The van der Waals surface area contributed by atoms with Crippen molar-refractivity contribution in [3.63, 3.8) is 0 Å². The van der Waals surface area contributed by atoms with E-state index in [1.165, 1.54) is 5.56 Å². The number of rotatable bonds is 3. The van der Waals surface area contributed by atoms with Crippen LogP contribution in [0.15, 0.2) is 22.9 Å². The van der Waals surface area contributed by atoms with Gasteiger partial charge in [0, 0.05) is 18.8 Å². The van der Waals surface area contributed by atoms with Crippen molar-refractivity contribution < 1.29 is 0 Å². The zero-order valence-electron chi connectivity index (χ0n) is 7.75. The molecule has 0 aromatic carbocycles. The van der Waals surface area contributed by atoms with E-state index >= 15 is 0 Å². The van der Waals surface area contributed by atoms with E-state index in [2.05, 4.69) is 40.1 Å². The van der Waals surface area contributed by atoms with Gasteiger partial charge in [0.25, 0.3) is 0 Å². The number of nitrogens with one attached hydrogen (secondary N) is 1. The molecule has 1 rings (SSSR count). The summed E-state index contributed by atoms with van der Waals surface area (Å²) in [5.74, 6) is 0. The second kappa shape index (κ2) is 6.35. The van der Waals surface area contributed by atoms with E-state index in [1.807, 2.05) is 12.1 Å². The van der Waals surface area contributed by atoms with E-state index in [0.29, 0.717) is 6.04 Å². The molecule has 0 saturated carbocycles. The highest BCUT2D eigenvalue weighted by Gasteiger charge is 1.95. The molecule has 0 atom stereocenters. The molecule has 0 fully saturated rings. The topological polar surface area (TPSA) is 24.9 Å². The molecule has 0 aliphatic carbocycles. The molecule has 0 bridgehead atoms. The van der Waals surface area contributed by atoms with E-state index in [1.54, 1.807) is 6.20 Å². The first-order valence-corrected chi connectivity index (χ1v) is 4.81. The van der Waals surface area contributed by atoms with Crippen LogP contribution in [0.2, 0.25) is 0 Å². The average molecular weight is 266 g/mol. The normalized spacial score (nSPS) is 9.85. The lowest BCUT2D eigenvalue weighted by Gasteiger charge is -2.07. The highest BCUT2D eigenvalue weighted by molar-refractivity contribution is 9.10. The van der Waals surface area contributed by atoms with Crippen molar-refractivity contribution in [2.45, 2.75) is 26.4 Å². The Kier molecular flexibility index (Phi) is 6.29. The summed E-state index contributed by atoms with van der Waals surface area (Å²) in [6.07, 6.45) is 1.81. The summed E-state index contributed by atoms with van der Waals surface area (Å²) < 4.78 is 0.894. The van der Waals surface area contributed by atoms with Crippen molar-refractivity contribution in [2.24, 2.45) is 0 Å². The third kappa shape index (κ3) is 5.24. The minimum absolute atomic E-state index is 0. The first kappa shape index (κ1) is 12.9. The van der Waals surface area contributed by atoms with Gasteiger partial charge in [0.05, 0.1) is 0 Å². The van der Waals surface area contributed by atoms with Crippen LogP contribution >= 0.6 is 28.3 Å². The van der Waals surface area contributed by atoms with Gasteiger partial charge in [0.15, 0.2) is 0 Å². The molecular weight excluding hydrogens is 251 g/mol. The van der Waals surface area contributed by atoms with Crippen LogP contribution in [-0.4, -0.2) is 11.0 Å². The molecule has 0 amide bonds. The molecule has 1 aromatic rings. The van der Waals surface area contributed by atoms with Gasteiger partial charge in [0.2, 0.25) is 0 Å². The van der Waals surface area contributed by atoms with Crippen LogP contribution in [0.25, 0.3) is 0 Å². The predicted molar refractivity (Wildman–Crippen MR) is 61.2 cm³/mol. The Morgan fingerprint density at radius 3 is 2.77 bits per heavy atom. The lowest BCUT2D eigenvalue weighted by Crippen LogP contribution is -2.21. The molecule has 0 aliphatic heterocycles. The highest BCUT2D eigenvalue weighted by Crippen LogP contribution is 2.07. The molecule has 4 heteroatoms. The van der Waals surface area contributed by atoms with Gasteiger partial charge in [-0.1, -0.05) is 13.8 Å². The maximum Gasteiger partial charge on any atom is 0.106 e. The number of aromatic nitrogens is 1. The Hall–Kier alpha value is -0.120. The van der Waals surface area contributed by atoms with Crippen LogP contribution in [0, 0.1) is 0 Å². The number of halogens is 2. The number of nitrogens with zero attached hydrogens (tertiary/aromatic N) is 1. The maximum absolute atomic E-state index is 4.06. The van der Waals surface area contributed by atoms with Gasteiger partial charge in [-0.15, -0.1) is 12.4 Å². The SMILES string of the molecule is CC(C)NCc1ccnc(Br)c1.Cl. The summed E-state index contributed by atoms with van der Waals surface area (Å²) in [6, 6.07) is 4.56. The molecule has 13 heavy (non-hydrogen) atoms. The molecule has 1 heterocycles. The largest absolute Gasteiger partial charge is 0.310 e. The Labute approximate surface area is 93.7 Å². The van der Waals surface area contributed by atoms with E-state index < -0.39 is 0 Å². The van der Waals surface area contributed by atoms with Crippen molar-refractivity contribution >= 4 is 28.3 Å². The summed E-state index contributed by atoms with van der Waals surface area (Å²) in [7, 11) is 0. The molecule has 0 spiro atoms. The standard InChI is InChI=1S/C9H13BrN2.ClH/c1-7(2)12-6-8-3-4-11-9(10)5-8;/h3-5,7,12H,6H2,1-2H3;1H. The van der Waals surface area contributed by atoms with Gasteiger partial charge < -0.3 is 5.32 Å². The molecule has 2 nitrogen and oxygen atoms in total. The second-order valence-corrected chi connectivity index (χ2v) is 3.83. The van der Waals surface area contributed by atoms with Crippen LogP contribution < -0.4 is 5.32 Å². The zero-order chi connectivity index (χ0) is 8.97. The van der Waals surface area contributed by atoms with Crippen LogP contribution in [0.3, 0.4) is 0 Å². The lowest BCUT2D eigenvalue weighted by molar-refractivity contribution is 0.588. The van der Waals surface area contributed by atoms with Gasteiger partial charge >= 0.3 is 0 Å². The fourth-order valence-electron chi connectivity index (χ4n) is 0.875. The quantitative estimate of drug-likeness (QED) is 0.850. The van der Waals surface area contributed by atoms with Crippen molar-refractivity contribution in [3.8, 4) is 0 Å². The molecule has 1 N–H and O–H groups in total. The summed E-state index contributed by atoms with van der Waals surface area (Å²) >= 11 is 3.33. The average Bonchev–Trinajstić information content (AvgIpc) is 2.01. The Balaban J connectivity index is 0.00000144. The van der Waals surface area contributed by atoms with Gasteiger partial charge in [-0.3, -0.25) is 0 Å².